The second-order valence-corrected chi connectivity index (χ2v) is 7.08. The molecule has 0 spiro atoms. The van der Waals surface area contributed by atoms with E-state index in [1.54, 1.807) is 18.5 Å². The molecule has 0 bridgehead atoms. The zero-order valence-electron chi connectivity index (χ0n) is 14.4. The lowest BCUT2D eigenvalue weighted by Crippen LogP contribution is -2.64. The predicted octanol–water partition coefficient (Wildman–Crippen LogP) is -0.826. The number of alkyl halides is 1. The van der Waals surface area contributed by atoms with Crippen molar-refractivity contribution in [2.45, 2.75) is 30.2 Å². The standard InChI is InChI=1S/C16H25ClN6O3/c17-9-5-21-15(22-6-9)13(14(18)19)16(24)23-11-7-20-3-1-12(11)26-10-2-4-25-8-10/h1,3,7,9-10,13-15,21-22H,2,4-6,8,18-19H2,(H,23,24)/t9?,10-,13?,15?/m0/s1. The summed E-state index contributed by atoms with van der Waals surface area (Å²) in [6.45, 7) is 2.33. The summed E-state index contributed by atoms with van der Waals surface area (Å²) in [6.07, 6.45) is 2.70. The monoisotopic (exact) mass is 384 g/mol. The number of nitrogens with zero attached hydrogens (tertiary/aromatic N) is 1. The smallest absolute Gasteiger partial charge is 0.233 e. The van der Waals surface area contributed by atoms with Crippen LogP contribution in [0.1, 0.15) is 6.42 Å². The summed E-state index contributed by atoms with van der Waals surface area (Å²) in [7, 11) is 0. The molecule has 1 amide bonds. The van der Waals surface area contributed by atoms with E-state index < -0.39 is 12.1 Å². The molecule has 2 aliphatic heterocycles. The van der Waals surface area contributed by atoms with E-state index in [2.05, 4.69) is 20.9 Å². The first-order chi connectivity index (χ1) is 12.5. The van der Waals surface area contributed by atoms with Crippen molar-refractivity contribution >= 4 is 23.2 Å². The number of rotatable bonds is 6. The topological polar surface area (TPSA) is 137 Å². The van der Waals surface area contributed by atoms with E-state index in [1.165, 1.54) is 0 Å². The van der Waals surface area contributed by atoms with Crippen LogP contribution in [0.4, 0.5) is 5.69 Å². The number of nitrogens with two attached hydrogens (primary N) is 2. The lowest BCUT2D eigenvalue weighted by Gasteiger charge is -2.35. The molecule has 10 heteroatoms. The Labute approximate surface area is 157 Å². The Morgan fingerprint density at radius 2 is 2.19 bits per heavy atom. The molecule has 26 heavy (non-hydrogen) atoms. The summed E-state index contributed by atoms with van der Waals surface area (Å²) in [4.78, 5) is 16.9. The fourth-order valence-corrected chi connectivity index (χ4v) is 3.21. The van der Waals surface area contributed by atoms with Gasteiger partial charge < -0.3 is 26.3 Å². The van der Waals surface area contributed by atoms with Gasteiger partial charge in [0.25, 0.3) is 0 Å². The molecule has 7 N–H and O–H groups in total. The number of hydrogen-bond acceptors (Lipinski definition) is 8. The number of amides is 1. The minimum absolute atomic E-state index is 0.0389. The van der Waals surface area contributed by atoms with Crippen LogP contribution in [0.2, 0.25) is 0 Å². The third kappa shape index (κ3) is 4.81. The fraction of sp³-hybridized carbons (Fsp3) is 0.625. The second kappa shape index (κ2) is 8.94. The zero-order valence-corrected chi connectivity index (χ0v) is 15.1. The number of carbonyl (C=O) groups excluding carboxylic acids is 1. The van der Waals surface area contributed by atoms with Crippen molar-refractivity contribution in [2.75, 3.05) is 31.6 Å². The van der Waals surface area contributed by atoms with Crippen LogP contribution in [-0.2, 0) is 9.53 Å². The van der Waals surface area contributed by atoms with Crippen molar-refractivity contribution in [1.29, 1.82) is 0 Å². The van der Waals surface area contributed by atoms with Crippen LogP contribution in [0, 0.1) is 5.92 Å². The van der Waals surface area contributed by atoms with Gasteiger partial charge in [-0.1, -0.05) is 0 Å². The van der Waals surface area contributed by atoms with E-state index in [1.807, 2.05) is 0 Å². The first-order valence-corrected chi connectivity index (χ1v) is 9.09. The Bertz CT molecular complexity index is 605. The van der Waals surface area contributed by atoms with E-state index in [4.69, 9.17) is 32.5 Å². The predicted molar refractivity (Wildman–Crippen MR) is 97.8 cm³/mol. The maximum Gasteiger partial charge on any atom is 0.233 e. The van der Waals surface area contributed by atoms with Crippen molar-refractivity contribution in [3.8, 4) is 5.75 Å². The molecular weight excluding hydrogens is 360 g/mol. The molecule has 2 atom stereocenters. The molecule has 0 aliphatic carbocycles. The summed E-state index contributed by atoms with van der Waals surface area (Å²) >= 11 is 6.05. The lowest BCUT2D eigenvalue weighted by atomic mass is 10.00. The number of nitrogens with one attached hydrogen (secondary N) is 3. The van der Waals surface area contributed by atoms with E-state index >= 15 is 0 Å². The van der Waals surface area contributed by atoms with Crippen molar-refractivity contribution in [3.63, 3.8) is 0 Å². The Hall–Kier alpha value is -1.49. The quantitative estimate of drug-likeness (QED) is 0.317. The van der Waals surface area contributed by atoms with Gasteiger partial charge in [-0.05, 0) is 0 Å². The zero-order chi connectivity index (χ0) is 18.5. The molecule has 3 rings (SSSR count). The minimum atomic E-state index is -0.851. The highest BCUT2D eigenvalue weighted by Crippen LogP contribution is 2.26. The molecule has 0 radical (unpaired) electrons. The summed E-state index contributed by atoms with van der Waals surface area (Å²) < 4.78 is 11.2. The van der Waals surface area contributed by atoms with Gasteiger partial charge in [0.05, 0.1) is 43.0 Å². The first-order valence-electron chi connectivity index (χ1n) is 8.66. The minimum Gasteiger partial charge on any atom is -0.486 e. The lowest BCUT2D eigenvalue weighted by molar-refractivity contribution is -0.121. The highest BCUT2D eigenvalue weighted by molar-refractivity contribution is 6.21. The van der Waals surface area contributed by atoms with Crippen molar-refractivity contribution in [3.05, 3.63) is 18.5 Å². The summed E-state index contributed by atoms with van der Waals surface area (Å²) in [5, 5.41) is 9.11. The van der Waals surface area contributed by atoms with Crippen LogP contribution in [0.25, 0.3) is 0 Å². The van der Waals surface area contributed by atoms with Crippen LogP contribution in [0.3, 0.4) is 0 Å². The SMILES string of the molecule is NC(N)C(C(=O)Nc1cnccc1O[C@H]1CCOC1)C1NCC(Cl)CN1. The molecule has 1 aromatic heterocycles. The molecule has 2 fully saturated rings. The van der Waals surface area contributed by atoms with Gasteiger partial charge in [-0.3, -0.25) is 20.4 Å². The van der Waals surface area contributed by atoms with Gasteiger partial charge in [0.2, 0.25) is 5.91 Å². The largest absolute Gasteiger partial charge is 0.486 e. The highest BCUT2D eigenvalue weighted by atomic mass is 35.5. The third-order valence-corrected chi connectivity index (χ3v) is 4.72. The van der Waals surface area contributed by atoms with Crippen molar-refractivity contribution < 1.29 is 14.3 Å². The number of hydrogen-bond donors (Lipinski definition) is 5. The van der Waals surface area contributed by atoms with Crippen LogP contribution in [-0.4, -0.2) is 61.0 Å². The fourth-order valence-electron chi connectivity index (χ4n) is 3.04. The van der Waals surface area contributed by atoms with E-state index in [9.17, 15) is 4.79 Å². The van der Waals surface area contributed by atoms with Gasteiger partial charge >= 0.3 is 0 Å². The molecule has 3 heterocycles. The van der Waals surface area contributed by atoms with E-state index in [0.717, 1.165) is 6.42 Å². The van der Waals surface area contributed by atoms with Crippen molar-refractivity contribution in [1.82, 2.24) is 15.6 Å². The van der Waals surface area contributed by atoms with Gasteiger partial charge in [0, 0.05) is 31.8 Å². The Kier molecular flexibility index (Phi) is 6.63. The summed E-state index contributed by atoms with van der Waals surface area (Å²) in [5.41, 5.74) is 12.2. The highest BCUT2D eigenvalue weighted by Gasteiger charge is 2.34. The maximum absolute atomic E-state index is 12.8. The normalized spacial score (nSPS) is 27.3. The Morgan fingerprint density at radius 3 is 2.85 bits per heavy atom. The number of anilines is 1. The molecular formula is C16H25ClN6O3. The number of carbonyl (C=O) groups is 1. The average molecular weight is 385 g/mol. The molecule has 0 saturated carbocycles. The second-order valence-electron chi connectivity index (χ2n) is 6.46. The van der Waals surface area contributed by atoms with Gasteiger partial charge in [0.1, 0.15) is 17.5 Å². The van der Waals surface area contributed by atoms with Gasteiger partial charge in [-0.15, -0.1) is 11.6 Å². The molecule has 1 aromatic rings. The van der Waals surface area contributed by atoms with E-state index in [-0.39, 0.29) is 23.6 Å². The number of ether oxygens (including phenoxy) is 2. The van der Waals surface area contributed by atoms with Gasteiger partial charge in [0.15, 0.2) is 0 Å². The van der Waals surface area contributed by atoms with Crippen LogP contribution < -0.4 is 32.2 Å². The summed E-state index contributed by atoms with van der Waals surface area (Å²) in [6, 6.07) is 1.71. The van der Waals surface area contributed by atoms with Crippen LogP contribution in [0.5, 0.6) is 5.75 Å². The van der Waals surface area contributed by atoms with Gasteiger partial charge in [-0.25, -0.2) is 0 Å². The Morgan fingerprint density at radius 1 is 1.42 bits per heavy atom. The van der Waals surface area contributed by atoms with Crippen LogP contribution in [0.15, 0.2) is 18.5 Å². The number of pyridine rings is 1. The molecule has 1 unspecified atom stereocenters. The number of halogens is 1. The van der Waals surface area contributed by atoms with Gasteiger partial charge in [-0.2, -0.15) is 0 Å². The third-order valence-electron chi connectivity index (χ3n) is 4.42. The molecule has 9 nitrogen and oxygen atoms in total. The molecule has 144 valence electrons. The summed E-state index contributed by atoms with van der Waals surface area (Å²) in [5.74, 6) is -0.473. The molecule has 2 saturated heterocycles. The molecule has 0 aromatic carbocycles. The Balaban J connectivity index is 1.69. The molecule has 2 aliphatic rings. The number of aromatic nitrogens is 1. The first kappa shape index (κ1) is 19.3. The van der Waals surface area contributed by atoms with Crippen LogP contribution >= 0.6 is 11.6 Å². The average Bonchev–Trinajstić information content (AvgIpc) is 3.11. The van der Waals surface area contributed by atoms with E-state index in [0.29, 0.717) is 37.7 Å². The maximum atomic E-state index is 12.8. The van der Waals surface area contributed by atoms with Crippen molar-refractivity contribution in [2.24, 2.45) is 17.4 Å².